The number of hydrogen-bond donors (Lipinski definition) is 1. The molecular weight excluding hydrogens is 248 g/mol. The van der Waals surface area contributed by atoms with Gasteiger partial charge in [0.05, 0.1) is 0 Å². The summed E-state index contributed by atoms with van der Waals surface area (Å²) >= 11 is 0. The predicted octanol–water partition coefficient (Wildman–Crippen LogP) is 4.07. The van der Waals surface area contributed by atoms with Crippen LogP contribution in [0, 0.1) is 17.6 Å². The highest BCUT2D eigenvalue weighted by atomic mass is 19.2. The maximum Gasteiger partial charge on any atom is 0.214 e. The van der Waals surface area contributed by atoms with Gasteiger partial charge in [0.1, 0.15) is 0 Å². The Morgan fingerprint density at radius 3 is 1.89 bits per heavy atom. The fraction of sp³-hybridized carbons (Fsp3) is 0.533. The number of rotatable bonds is 2. The summed E-state index contributed by atoms with van der Waals surface area (Å²) in [4.78, 5) is 9.22. The van der Waals surface area contributed by atoms with Crippen LogP contribution in [0.1, 0.15) is 46.6 Å². The average Bonchev–Trinajstić information content (AvgIpc) is 2.32. The van der Waals surface area contributed by atoms with Crippen LogP contribution >= 0.6 is 0 Å². The lowest BCUT2D eigenvalue weighted by molar-refractivity contribution is -0.115. The molecule has 0 radical (unpaired) electrons. The van der Waals surface area contributed by atoms with Crippen molar-refractivity contribution in [3.05, 3.63) is 35.4 Å². The van der Waals surface area contributed by atoms with Crippen LogP contribution in [0.4, 0.5) is 8.78 Å². The van der Waals surface area contributed by atoms with Gasteiger partial charge in [-0.2, -0.15) is 0 Å². The zero-order chi connectivity index (χ0) is 15.4. The van der Waals surface area contributed by atoms with Gasteiger partial charge in [-0.05, 0) is 30.0 Å². The highest BCUT2D eigenvalue weighted by molar-refractivity contribution is 5.70. The number of aryl methyl sites for hydroxylation is 1. The molecule has 1 amide bonds. The molecule has 0 aliphatic heterocycles. The number of carbonyl (C=O) groups excluding carboxylic acids is 1. The summed E-state index contributed by atoms with van der Waals surface area (Å²) in [5.41, 5.74) is 5.29. The van der Waals surface area contributed by atoms with Gasteiger partial charge in [-0.3, -0.25) is 4.79 Å². The molecule has 0 heterocycles. The monoisotopic (exact) mass is 273 g/mol. The van der Waals surface area contributed by atoms with Crippen LogP contribution in [0.15, 0.2) is 18.2 Å². The number of hydrogen-bond acceptors (Lipinski definition) is 1. The van der Waals surface area contributed by atoms with Crippen LogP contribution in [-0.4, -0.2) is 5.91 Å². The first-order valence-electron chi connectivity index (χ1n) is 6.44. The Labute approximate surface area is 115 Å². The van der Waals surface area contributed by atoms with Gasteiger partial charge in [0, 0.05) is 6.92 Å². The van der Waals surface area contributed by atoms with Crippen LogP contribution in [0.25, 0.3) is 0 Å². The largest absolute Gasteiger partial charge is 0.370 e. The van der Waals surface area contributed by atoms with E-state index in [0.717, 1.165) is 24.0 Å². The molecule has 2 N–H and O–H groups in total. The molecule has 1 rings (SSSR count). The van der Waals surface area contributed by atoms with Gasteiger partial charge in [0.15, 0.2) is 11.6 Å². The highest BCUT2D eigenvalue weighted by Gasteiger charge is 1.99. The summed E-state index contributed by atoms with van der Waals surface area (Å²) in [5.74, 6) is -0.994. The summed E-state index contributed by atoms with van der Waals surface area (Å²) in [7, 11) is 0. The van der Waals surface area contributed by atoms with Gasteiger partial charge >= 0.3 is 0 Å². The SMILES string of the molecule is CC(N)=O.CCC(C)C.CCc1ccc(F)c(F)c1. The molecule has 19 heavy (non-hydrogen) atoms. The Balaban J connectivity index is 0. The zero-order valence-corrected chi connectivity index (χ0v) is 12.5. The van der Waals surface area contributed by atoms with Gasteiger partial charge in [-0.25, -0.2) is 8.78 Å². The minimum absolute atomic E-state index is 0.333. The van der Waals surface area contributed by atoms with Gasteiger partial charge < -0.3 is 5.73 Å². The van der Waals surface area contributed by atoms with E-state index in [2.05, 4.69) is 26.5 Å². The van der Waals surface area contributed by atoms with Crippen LogP contribution in [0.5, 0.6) is 0 Å². The van der Waals surface area contributed by atoms with Crippen LogP contribution in [0.2, 0.25) is 0 Å². The van der Waals surface area contributed by atoms with E-state index in [-0.39, 0.29) is 5.91 Å². The predicted molar refractivity (Wildman–Crippen MR) is 75.7 cm³/mol. The third-order valence-electron chi connectivity index (χ3n) is 2.21. The first kappa shape index (κ1) is 19.9. The van der Waals surface area contributed by atoms with E-state index in [1.807, 2.05) is 6.92 Å². The van der Waals surface area contributed by atoms with Crippen molar-refractivity contribution in [1.82, 2.24) is 0 Å². The molecule has 0 unspecified atom stereocenters. The number of primary amides is 1. The fourth-order valence-corrected chi connectivity index (χ4v) is 0.760. The third kappa shape index (κ3) is 14.5. The molecule has 1 aromatic carbocycles. The molecule has 0 bridgehead atoms. The maximum absolute atomic E-state index is 12.4. The van der Waals surface area contributed by atoms with Crippen molar-refractivity contribution in [1.29, 1.82) is 0 Å². The van der Waals surface area contributed by atoms with E-state index in [1.54, 1.807) is 6.07 Å². The normalized spacial score (nSPS) is 9.05. The lowest BCUT2D eigenvalue weighted by atomic mass is 10.2. The molecule has 110 valence electrons. The van der Waals surface area contributed by atoms with E-state index in [0.29, 0.717) is 0 Å². The summed E-state index contributed by atoms with van der Waals surface area (Å²) in [6, 6.07) is 3.95. The Morgan fingerprint density at radius 2 is 1.63 bits per heavy atom. The van der Waals surface area contributed by atoms with Crippen molar-refractivity contribution in [2.75, 3.05) is 0 Å². The Kier molecular flexibility index (Phi) is 12.2. The van der Waals surface area contributed by atoms with Crippen molar-refractivity contribution in [3.8, 4) is 0 Å². The molecule has 0 aromatic heterocycles. The molecule has 0 fully saturated rings. The molecule has 0 saturated heterocycles. The average molecular weight is 273 g/mol. The smallest absolute Gasteiger partial charge is 0.214 e. The minimum Gasteiger partial charge on any atom is -0.370 e. The molecular formula is C15H25F2NO. The standard InChI is InChI=1S/C8H8F2.C5H12.C2H5NO/c1-2-6-3-4-7(9)8(10)5-6;1-4-5(2)3;1-2(3)4/h3-5H,2H2,1H3;5H,4H2,1-3H3;1H3,(H2,3,4). The second kappa shape index (κ2) is 11.6. The molecule has 0 spiro atoms. The first-order valence-corrected chi connectivity index (χ1v) is 6.44. The maximum atomic E-state index is 12.4. The van der Waals surface area contributed by atoms with Crippen molar-refractivity contribution in [2.24, 2.45) is 11.7 Å². The van der Waals surface area contributed by atoms with Crippen molar-refractivity contribution in [3.63, 3.8) is 0 Å². The lowest BCUT2D eigenvalue weighted by Gasteiger charge is -1.95. The minimum atomic E-state index is -0.780. The number of carbonyl (C=O) groups is 1. The summed E-state index contributed by atoms with van der Waals surface area (Å²) in [5, 5.41) is 0. The highest BCUT2D eigenvalue weighted by Crippen LogP contribution is 2.08. The number of nitrogens with two attached hydrogens (primary N) is 1. The van der Waals surface area contributed by atoms with Gasteiger partial charge in [0.25, 0.3) is 0 Å². The van der Waals surface area contributed by atoms with E-state index in [9.17, 15) is 13.6 Å². The van der Waals surface area contributed by atoms with Crippen LogP contribution in [0.3, 0.4) is 0 Å². The van der Waals surface area contributed by atoms with E-state index in [4.69, 9.17) is 0 Å². The number of amides is 1. The molecule has 0 aliphatic rings. The van der Waals surface area contributed by atoms with E-state index < -0.39 is 11.6 Å². The Morgan fingerprint density at radius 1 is 1.21 bits per heavy atom. The number of halogens is 2. The Bertz CT molecular complexity index is 361. The molecule has 0 saturated carbocycles. The van der Waals surface area contributed by atoms with Crippen LogP contribution < -0.4 is 5.73 Å². The lowest BCUT2D eigenvalue weighted by Crippen LogP contribution is -2.01. The zero-order valence-electron chi connectivity index (χ0n) is 12.5. The van der Waals surface area contributed by atoms with E-state index >= 15 is 0 Å². The first-order chi connectivity index (χ1) is 8.74. The second-order valence-electron chi connectivity index (χ2n) is 4.51. The van der Waals surface area contributed by atoms with E-state index in [1.165, 1.54) is 19.4 Å². The second-order valence-corrected chi connectivity index (χ2v) is 4.51. The quantitative estimate of drug-likeness (QED) is 0.867. The van der Waals surface area contributed by atoms with Crippen molar-refractivity contribution >= 4 is 5.91 Å². The fourth-order valence-electron chi connectivity index (χ4n) is 0.760. The summed E-state index contributed by atoms with van der Waals surface area (Å²) < 4.78 is 24.7. The number of benzene rings is 1. The van der Waals surface area contributed by atoms with Crippen LogP contribution in [-0.2, 0) is 11.2 Å². The summed E-state index contributed by atoms with van der Waals surface area (Å²) in [6.07, 6.45) is 2.04. The molecule has 0 aliphatic carbocycles. The van der Waals surface area contributed by atoms with Gasteiger partial charge in [0.2, 0.25) is 5.91 Å². The van der Waals surface area contributed by atoms with Crippen molar-refractivity contribution in [2.45, 2.75) is 47.5 Å². The molecule has 4 heteroatoms. The topological polar surface area (TPSA) is 43.1 Å². The van der Waals surface area contributed by atoms with Gasteiger partial charge in [-0.1, -0.05) is 40.2 Å². The Hall–Kier alpha value is -1.45. The molecule has 2 nitrogen and oxygen atoms in total. The third-order valence-corrected chi connectivity index (χ3v) is 2.21. The van der Waals surface area contributed by atoms with Crippen molar-refractivity contribution < 1.29 is 13.6 Å². The van der Waals surface area contributed by atoms with Gasteiger partial charge in [-0.15, -0.1) is 0 Å². The molecule has 0 atom stereocenters. The summed E-state index contributed by atoms with van der Waals surface area (Å²) in [6.45, 7) is 9.84. The molecule has 1 aromatic rings.